The first kappa shape index (κ1) is 10.3. The molecule has 0 aromatic rings. The Bertz CT molecular complexity index is 340. The normalized spacial score (nSPS) is 27.8. The third-order valence-electron chi connectivity index (χ3n) is 2.63. The second kappa shape index (κ2) is 3.74. The van der Waals surface area contributed by atoms with E-state index in [1.54, 1.807) is 0 Å². The molecule has 0 amide bonds. The number of ether oxygens (including phenoxy) is 1. The maximum Gasteiger partial charge on any atom is 0.142 e. The molecule has 1 heterocycles. The quantitative estimate of drug-likeness (QED) is 0.681. The van der Waals surface area contributed by atoms with Gasteiger partial charge in [-0.1, -0.05) is 26.0 Å². The van der Waals surface area contributed by atoms with Crippen LogP contribution in [0.1, 0.15) is 13.8 Å². The fourth-order valence-corrected chi connectivity index (χ4v) is 1.61. The van der Waals surface area contributed by atoms with Gasteiger partial charge in [-0.25, -0.2) is 0 Å². The van der Waals surface area contributed by atoms with Gasteiger partial charge in [0.15, 0.2) is 0 Å². The van der Waals surface area contributed by atoms with Crippen molar-refractivity contribution in [2.45, 2.75) is 19.9 Å². The molecule has 15 heavy (non-hydrogen) atoms. The monoisotopic (exact) mass is 207 g/mol. The number of allylic oxidation sites excluding steroid dienone is 4. The zero-order valence-corrected chi connectivity index (χ0v) is 9.16. The SMILES string of the molecule is CC1(C)C=CC2=C(C=C1)OCC(CO)N2. The lowest BCUT2D eigenvalue weighted by Crippen LogP contribution is -2.39. The highest BCUT2D eigenvalue weighted by Crippen LogP contribution is 2.26. The maximum absolute atomic E-state index is 9.05. The van der Waals surface area contributed by atoms with E-state index in [1.807, 2.05) is 12.2 Å². The Morgan fingerprint density at radius 3 is 2.93 bits per heavy atom. The van der Waals surface area contributed by atoms with Crippen LogP contribution in [-0.2, 0) is 4.74 Å². The molecule has 0 saturated heterocycles. The molecule has 0 spiro atoms. The van der Waals surface area contributed by atoms with E-state index >= 15 is 0 Å². The summed E-state index contributed by atoms with van der Waals surface area (Å²) in [7, 11) is 0. The number of nitrogens with one attached hydrogen (secondary N) is 1. The minimum Gasteiger partial charge on any atom is -0.489 e. The molecule has 0 aromatic carbocycles. The van der Waals surface area contributed by atoms with Crippen molar-refractivity contribution in [1.29, 1.82) is 0 Å². The Morgan fingerprint density at radius 2 is 2.20 bits per heavy atom. The highest BCUT2D eigenvalue weighted by molar-refractivity contribution is 5.35. The smallest absolute Gasteiger partial charge is 0.142 e. The summed E-state index contributed by atoms with van der Waals surface area (Å²) in [6.45, 7) is 4.90. The molecule has 2 N–H and O–H groups in total. The van der Waals surface area contributed by atoms with Gasteiger partial charge in [0.2, 0.25) is 0 Å². The first-order valence-electron chi connectivity index (χ1n) is 5.24. The average molecular weight is 207 g/mol. The van der Waals surface area contributed by atoms with E-state index in [4.69, 9.17) is 9.84 Å². The van der Waals surface area contributed by atoms with Crippen LogP contribution in [-0.4, -0.2) is 24.4 Å². The molecule has 82 valence electrons. The molecule has 3 heteroatoms. The van der Waals surface area contributed by atoms with Gasteiger partial charge in [0.1, 0.15) is 12.4 Å². The van der Waals surface area contributed by atoms with Gasteiger partial charge in [-0.15, -0.1) is 0 Å². The number of hydrogen-bond acceptors (Lipinski definition) is 3. The molecule has 1 atom stereocenters. The van der Waals surface area contributed by atoms with Crippen LogP contribution < -0.4 is 5.32 Å². The number of aliphatic hydroxyl groups is 1. The Balaban J connectivity index is 2.23. The van der Waals surface area contributed by atoms with E-state index < -0.39 is 0 Å². The van der Waals surface area contributed by atoms with Gasteiger partial charge in [-0.05, 0) is 12.2 Å². The van der Waals surface area contributed by atoms with Gasteiger partial charge in [0.05, 0.1) is 18.3 Å². The standard InChI is InChI=1S/C12H17NO2/c1-12(2)5-3-10-11(4-6-12)15-8-9(7-14)13-10/h3-6,9,13-14H,7-8H2,1-2H3. The second-order valence-corrected chi connectivity index (χ2v) is 4.60. The van der Waals surface area contributed by atoms with Crippen molar-refractivity contribution in [2.75, 3.05) is 13.2 Å². The zero-order chi connectivity index (χ0) is 10.9. The predicted molar refractivity (Wildman–Crippen MR) is 59.0 cm³/mol. The van der Waals surface area contributed by atoms with E-state index in [2.05, 4.69) is 31.3 Å². The number of hydrogen-bond donors (Lipinski definition) is 2. The number of aliphatic hydroxyl groups excluding tert-OH is 1. The van der Waals surface area contributed by atoms with Gasteiger partial charge in [0.25, 0.3) is 0 Å². The summed E-state index contributed by atoms with van der Waals surface area (Å²) in [6.07, 6.45) is 8.27. The van der Waals surface area contributed by atoms with E-state index in [0.717, 1.165) is 11.5 Å². The fourth-order valence-electron chi connectivity index (χ4n) is 1.61. The maximum atomic E-state index is 9.05. The van der Waals surface area contributed by atoms with Crippen LogP contribution in [0.15, 0.2) is 35.8 Å². The summed E-state index contributed by atoms with van der Waals surface area (Å²) < 4.78 is 5.58. The first-order valence-corrected chi connectivity index (χ1v) is 5.24. The van der Waals surface area contributed by atoms with Crippen molar-refractivity contribution < 1.29 is 9.84 Å². The topological polar surface area (TPSA) is 41.5 Å². The lowest BCUT2D eigenvalue weighted by Gasteiger charge is -2.25. The highest BCUT2D eigenvalue weighted by Gasteiger charge is 2.21. The van der Waals surface area contributed by atoms with Crippen molar-refractivity contribution in [1.82, 2.24) is 5.32 Å². The molecule has 2 aliphatic rings. The molecule has 0 radical (unpaired) electrons. The molecule has 3 nitrogen and oxygen atoms in total. The lowest BCUT2D eigenvalue weighted by atomic mass is 9.93. The third-order valence-corrected chi connectivity index (χ3v) is 2.63. The Hall–Kier alpha value is -1.22. The van der Waals surface area contributed by atoms with Crippen molar-refractivity contribution in [3.05, 3.63) is 35.8 Å². The van der Waals surface area contributed by atoms with Gasteiger partial charge < -0.3 is 15.2 Å². The van der Waals surface area contributed by atoms with Crippen LogP contribution in [0.2, 0.25) is 0 Å². The van der Waals surface area contributed by atoms with Gasteiger partial charge in [-0.2, -0.15) is 0 Å². The summed E-state index contributed by atoms with van der Waals surface area (Å²) in [5.41, 5.74) is 1.01. The Morgan fingerprint density at radius 1 is 1.47 bits per heavy atom. The minimum atomic E-state index is 0.00279. The largest absolute Gasteiger partial charge is 0.489 e. The molecular weight excluding hydrogens is 190 g/mol. The summed E-state index contributed by atoms with van der Waals surface area (Å²) in [4.78, 5) is 0. The first-order chi connectivity index (χ1) is 7.11. The van der Waals surface area contributed by atoms with Crippen LogP contribution in [0, 0.1) is 5.41 Å². The predicted octanol–water partition coefficient (Wildman–Crippen LogP) is 1.33. The van der Waals surface area contributed by atoms with Gasteiger partial charge in [-0.3, -0.25) is 0 Å². The van der Waals surface area contributed by atoms with Crippen LogP contribution in [0.25, 0.3) is 0 Å². The Labute approximate surface area is 90.1 Å². The van der Waals surface area contributed by atoms with E-state index in [-0.39, 0.29) is 18.1 Å². The molecule has 0 aromatic heterocycles. The van der Waals surface area contributed by atoms with Crippen LogP contribution in [0.5, 0.6) is 0 Å². The van der Waals surface area contributed by atoms with Crippen molar-refractivity contribution >= 4 is 0 Å². The second-order valence-electron chi connectivity index (χ2n) is 4.60. The Kier molecular flexibility index (Phi) is 2.57. The van der Waals surface area contributed by atoms with Crippen LogP contribution >= 0.6 is 0 Å². The molecule has 0 saturated carbocycles. The summed E-state index contributed by atoms with van der Waals surface area (Å²) in [6, 6.07) is 0.00279. The number of rotatable bonds is 1. The minimum absolute atomic E-state index is 0.00279. The summed E-state index contributed by atoms with van der Waals surface area (Å²) >= 11 is 0. The molecule has 1 aliphatic carbocycles. The van der Waals surface area contributed by atoms with Crippen LogP contribution in [0.3, 0.4) is 0 Å². The average Bonchev–Trinajstić information content (AvgIpc) is 2.38. The zero-order valence-electron chi connectivity index (χ0n) is 9.16. The summed E-state index contributed by atoms with van der Waals surface area (Å²) in [5, 5.41) is 12.3. The molecule has 2 rings (SSSR count). The third kappa shape index (κ3) is 2.23. The van der Waals surface area contributed by atoms with Crippen molar-refractivity contribution in [3.8, 4) is 0 Å². The van der Waals surface area contributed by atoms with Crippen molar-refractivity contribution in [3.63, 3.8) is 0 Å². The summed E-state index contributed by atoms with van der Waals surface area (Å²) in [5.74, 6) is 0.863. The van der Waals surface area contributed by atoms with Crippen LogP contribution in [0.4, 0.5) is 0 Å². The van der Waals surface area contributed by atoms with E-state index in [1.165, 1.54) is 0 Å². The van der Waals surface area contributed by atoms with E-state index in [0.29, 0.717) is 6.61 Å². The van der Waals surface area contributed by atoms with E-state index in [9.17, 15) is 0 Å². The molecule has 1 unspecified atom stereocenters. The molecular formula is C12H17NO2. The highest BCUT2D eigenvalue weighted by atomic mass is 16.5. The fraction of sp³-hybridized carbons (Fsp3) is 0.500. The van der Waals surface area contributed by atoms with Gasteiger partial charge in [0, 0.05) is 5.41 Å². The lowest BCUT2D eigenvalue weighted by molar-refractivity contribution is 0.128. The molecule has 1 aliphatic heterocycles. The molecule has 0 fully saturated rings. The van der Waals surface area contributed by atoms with Crippen molar-refractivity contribution in [2.24, 2.45) is 5.41 Å². The molecule has 0 bridgehead atoms. The van der Waals surface area contributed by atoms with Gasteiger partial charge >= 0.3 is 0 Å².